The van der Waals surface area contributed by atoms with Crippen LogP contribution in [0.1, 0.15) is 12.5 Å². The number of benzene rings is 1. The Morgan fingerprint density at radius 3 is 2.65 bits per heavy atom. The van der Waals surface area contributed by atoms with E-state index < -0.39 is 30.7 Å². The van der Waals surface area contributed by atoms with Gasteiger partial charge in [0.05, 0.1) is 18.0 Å². The SMILES string of the molecule is CC1CN(c2ncnc3c(-n4cc(C#N)c(Cl)n4)cccc23)CCN1C(=O)C(C#N)(CF)CF. The van der Waals surface area contributed by atoms with E-state index in [-0.39, 0.29) is 17.3 Å². The predicted molar refractivity (Wildman–Crippen MR) is 120 cm³/mol. The predicted octanol–water partition coefficient (Wildman–Crippen LogP) is 2.83. The lowest BCUT2D eigenvalue weighted by molar-refractivity contribution is -0.143. The standard InChI is InChI=1S/C22H19ClF2N8O/c1-14-8-31(5-6-32(14)21(34)22(10-24,11-25)12-27)20-16-3-2-4-17(18(16)28-13-29-20)33-9-15(7-26)19(23)30-33/h2-4,9,13-14H,5-6,8,10-11H2,1H3. The van der Waals surface area contributed by atoms with Gasteiger partial charge in [0.15, 0.2) is 10.6 Å². The largest absolute Gasteiger partial charge is 0.352 e. The molecule has 0 saturated carbocycles. The molecule has 1 unspecified atom stereocenters. The van der Waals surface area contributed by atoms with Gasteiger partial charge in [-0.3, -0.25) is 4.79 Å². The summed E-state index contributed by atoms with van der Waals surface area (Å²) in [6.45, 7) is -0.138. The van der Waals surface area contributed by atoms with Gasteiger partial charge < -0.3 is 9.80 Å². The molecule has 4 rings (SSSR count). The zero-order valence-corrected chi connectivity index (χ0v) is 18.9. The first-order valence-electron chi connectivity index (χ1n) is 10.4. The minimum absolute atomic E-state index is 0.0819. The summed E-state index contributed by atoms with van der Waals surface area (Å²) in [4.78, 5) is 24.9. The lowest BCUT2D eigenvalue weighted by Crippen LogP contribution is -2.58. The zero-order chi connectivity index (χ0) is 24.5. The number of nitriles is 2. The lowest BCUT2D eigenvalue weighted by atomic mass is 9.90. The number of amides is 1. The highest BCUT2D eigenvalue weighted by Crippen LogP contribution is 2.31. The first-order chi connectivity index (χ1) is 16.4. The molecule has 1 saturated heterocycles. The Hall–Kier alpha value is -3.83. The van der Waals surface area contributed by atoms with Crippen molar-refractivity contribution in [1.82, 2.24) is 24.6 Å². The van der Waals surface area contributed by atoms with Gasteiger partial charge in [-0.25, -0.2) is 23.4 Å². The zero-order valence-electron chi connectivity index (χ0n) is 18.1. The van der Waals surface area contributed by atoms with Crippen molar-refractivity contribution >= 4 is 34.2 Å². The number of hydrogen-bond donors (Lipinski definition) is 0. The van der Waals surface area contributed by atoms with Gasteiger partial charge in [0.1, 0.15) is 42.6 Å². The summed E-state index contributed by atoms with van der Waals surface area (Å²) in [6.07, 6.45) is 2.93. The number of fused-ring (bicyclic) bond motifs is 1. The van der Waals surface area contributed by atoms with Crippen LogP contribution in [-0.2, 0) is 4.79 Å². The van der Waals surface area contributed by atoms with Crippen molar-refractivity contribution in [2.24, 2.45) is 5.41 Å². The van der Waals surface area contributed by atoms with E-state index in [1.807, 2.05) is 17.0 Å². The normalized spacial score (nSPS) is 16.4. The third-order valence-corrected chi connectivity index (χ3v) is 6.21. The quantitative estimate of drug-likeness (QED) is 0.546. The average Bonchev–Trinajstić information content (AvgIpc) is 3.24. The van der Waals surface area contributed by atoms with Crippen molar-refractivity contribution in [2.45, 2.75) is 13.0 Å². The van der Waals surface area contributed by atoms with Crippen molar-refractivity contribution in [3.05, 3.63) is 41.4 Å². The number of carbonyl (C=O) groups excluding carboxylic acids is 1. The molecule has 2 aromatic heterocycles. The van der Waals surface area contributed by atoms with E-state index in [2.05, 4.69) is 15.1 Å². The van der Waals surface area contributed by atoms with Crippen LogP contribution in [0.5, 0.6) is 0 Å². The van der Waals surface area contributed by atoms with Gasteiger partial charge in [0.2, 0.25) is 5.91 Å². The van der Waals surface area contributed by atoms with Crippen molar-refractivity contribution in [3.63, 3.8) is 0 Å². The Morgan fingerprint density at radius 1 is 1.26 bits per heavy atom. The van der Waals surface area contributed by atoms with E-state index in [1.165, 1.54) is 28.2 Å². The number of hydrogen-bond acceptors (Lipinski definition) is 7. The second kappa shape index (κ2) is 9.20. The first kappa shape index (κ1) is 23.3. The minimum atomic E-state index is -2.31. The summed E-state index contributed by atoms with van der Waals surface area (Å²) >= 11 is 6.02. The van der Waals surface area contributed by atoms with Crippen LogP contribution in [0.25, 0.3) is 16.6 Å². The number of halogens is 3. The van der Waals surface area contributed by atoms with Crippen LogP contribution in [0.2, 0.25) is 5.15 Å². The number of piperazine rings is 1. The summed E-state index contributed by atoms with van der Waals surface area (Å²) < 4.78 is 28.3. The summed E-state index contributed by atoms with van der Waals surface area (Å²) in [7, 11) is 0. The molecule has 0 N–H and O–H groups in total. The van der Waals surface area contributed by atoms with E-state index in [0.29, 0.717) is 30.1 Å². The molecule has 1 amide bonds. The van der Waals surface area contributed by atoms with Gasteiger partial charge in [-0.1, -0.05) is 17.7 Å². The van der Waals surface area contributed by atoms with Gasteiger partial charge in [-0.05, 0) is 19.1 Å². The van der Waals surface area contributed by atoms with Crippen molar-refractivity contribution in [2.75, 3.05) is 37.9 Å². The van der Waals surface area contributed by atoms with Gasteiger partial charge in [-0.2, -0.15) is 15.6 Å². The average molecular weight is 485 g/mol. The van der Waals surface area contributed by atoms with Crippen LogP contribution in [0, 0.1) is 28.1 Å². The van der Waals surface area contributed by atoms with E-state index in [4.69, 9.17) is 11.6 Å². The molecule has 1 atom stereocenters. The first-order valence-corrected chi connectivity index (χ1v) is 10.8. The van der Waals surface area contributed by atoms with Crippen LogP contribution < -0.4 is 4.90 Å². The number of alkyl halides is 2. The number of nitrogens with zero attached hydrogens (tertiary/aromatic N) is 8. The molecule has 0 spiro atoms. The molecule has 1 aliphatic heterocycles. The third kappa shape index (κ3) is 3.78. The highest BCUT2D eigenvalue weighted by Gasteiger charge is 2.45. The molecule has 34 heavy (non-hydrogen) atoms. The fraction of sp³-hybridized carbons (Fsp3) is 0.364. The summed E-state index contributed by atoms with van der Waals surface area (Å²) in [5.41, 5.74) is -0.880. The smallest absolute Gasteiger partial charge is 0.248 e. The second-order valence-corrected chi connectivity index (χ2v) is 8.37. The van der Waals surface area contributed by atoms with Crippen LogP contribution >= 0.6 is 11.6 Å². The fourth-order valence-corrected chi connectivity index (χ4v) is 4.20. The second-order valence-electron chi connectivity index (χ2n) is 8.02. The number of anilines is 1. The molecule has 174 valence electrons. The lowest BCUT2D eigenvalue weighted by Gasteiger charge is -2.42. The molecule has 3 aromatic rings. The van der Waals surface area contributed by atoms with Crippen molar-refractivity contribution in [1.29, 1.82) is 10.5 Å². The maximum absolute atomic E-state index is 13.4. The monoisotopic (exact) mass is 484 g/mol. The Bertz CT molecular complexity index is 1330. The van der Waals surface area contributed by atoms with Crippen LogP contribution in [0.3, 0.4) is 0 Å². The fourth-order valence-electron chi connectivity index (χ4n) is 4.03. The molecule has 0 radical (unpaired) electrons. The molecule has 1 fully saturated rings. The topological polar surface area (TPSA) is 115 Å². The molecule has 1 aliphatic rings. The van der Waals surface area contributed by atoms with E-state index in [1.54, 1.807) is 19.1 Å². The Balaban J connectivity index is 1.65. The number of para-hydroxylation sites is 1. The van der Waals surface area contributed by atoms with Crippen molar-refractivity contribution in [3.8, 4) is 17.8 Å². The number of aromatic nitrogens is 4. The summed E-state index contributed by atoms with van der Waals surface area (Å²) in [5.74, 6) is -0.224. The molecular weight excluding hydrogens is 466 g/mol. The summed E-state index contributed by atoms with van der Waals surface area (Å²) in [5, 5.41) is 23.4. The van der Waals surface area contributed by atoms with Gasteiger partial charge >= 0.3 is 0 Å². The van der Waals surface area contributed by atoms with Gasteiger partial charge in [-0.15, -0.1) is 0 Å². The maximum atomic E-state index is 13.4. The molecular formula is C22H19ClF2N8O. The Labute approximate surface area is 198 Å². The molecule has 0 bridgehead atoms. The molecule has 12 heteroatoms. The molecule has 9 nitrogen and oxygen atoms in total. The Morgan fingerprint density at radius 2 is 2.03 bits per heavy atom. The van der Waals surface area contributed by atoms with Gasteiger partial charge in [0.25, 0.3) is 0 Å². The van der Waals surface area contributed by atoms with E-state index in [0.717, 1.165) is 5.39 Å². The van der Waals surface area contributed by atoms with E-state index >= 15 is 0 Å². The van der Waals surface area contributed by atoms with Gasteiger partial charge in [0, 0.05) is 31.1 Å². The minimum Gasteiger partial charge on any atom is -0.352 e. The Kier molecular flexibility index (Phi) is 6.31. The van der Waals surface area contributed by atoms with Crippen LogP contribution in [-0.4, -0.2) is 69.6 Å². The number of rotatable bonds is 5. The number of carbonyl (C=O) groups is 1. The highest BCUT2D eigenvalue weighted by molar-refractivity contribution is 6.30. The van der Waals surface area contributed by atoms with E-state index in [9.17, 15) is 24.1 Å². The van der Waals surface area contributed by atoms with Crippen LogP contribution in [0.4, 0.5) is 14.6 Å². The van der Waals surface area contributed by atoms with Crippen LogP contribution in [0.15, 0.2) is 30.7 Å². The highest BCUT2D eigenvalue weighted by atomic mass is 35.5. The third-order valence-electron chi connectivity index (χ3n) is 5.93. The summed E-state index contributed by atoms with van der Waals surface area (Å²) in [6, 6.07) is 8.53. The molecule has 1 aromatic carbocycles. The van der Waals surface area contributed by atoms with Crippen molar-refractivity contribution < 1.29 is 13.6 Å². The molecule has 3 heterocycles. The molecule has 0 aliphatic carbocycles. The maximum Gasteiger partial charge on any atom is 0.248 e.